The van der Waals surface area contributed by atoms with E-state index in [4.69, 9.17) is 12.2 Å². The Kier molecular flexibility index (Phi) is 5.79. The molecule has 0 atom stereocenters. The molecule has 0 aliphatic rings. The Morgan fingerprint density at radius 2 is 1.96 bits per heavy atom. The summed E-state index contributed by atoms with van der Waals surface area (Å²) in [5.74, 6) is 0.718. The molecule has 0 bridgehead atoms. The van der Waals surface area contributed by atoms with Gasteiger partial charge in [0.15, 0.2) is 4.32 Å². The number of aromatic nitrogens is 1. The predicted molar refractivity (Wildman–Crippen MR) is 112 cm³/mol. The van der Waals surface area contributed by atoms with E-state index >= 15 is 0 Å². The molecule has 1 aromatic heterocycles. The maximum atomic E-state index is 5.36. The second kappa shape index (κ2) is 8.23. The number of thioether (sulfide) groups is 1. The fourth-order valence-corrected chi connectivity index (χ4v) is 3.20. The Balaban J connectivity index is 1.57. The lowest BCUT2D eigenvalue weighted by atomic mass is 10.1. The zero-order chi connectivity index (χ0) is 17.6. The van der Waals surface area contributed by atoms with Gasteiger partial charge >= 0.3 is 0 Å². The van der Waals surface area contributed by atoms with E-state index in [1.54, 1.807) is 0 Å². The number of pyridine rings is 1. The molecule has 3 aromatic rings. The van der Waals surface area contributed by atoms with E-state index in [1.807, 2.05) is 43.3 Å². The molecule has 0 spiro atoms. The Morgan fingerprint density at radius 1 is 1.12 bits per heavy atom. The molecule has 0 radical (unpaired) electrons. The van der Waals surface area contributed by atoms with Crippen molar-refractivity contribution in [3.05, 3.63) is 77.5 Å². The van der Waals surface area contributed by atoms with E-state index < -0.39 is 0 Å². The van der Waals surface area contributed by atoms with Crippen LogP contribution in [0.15, 0.2) is 65.8 Å². The molecule has 0 saturated carbocycles. The van der Waals surface area contributed by atoms with Crippen LogP contribution in [0.1, 0.15) is 23.7 Å². The maximum Gasteiger partial charge on any atom is 0.154 e. The molecule has 25 heavy (non-hydrogen) atoms. The Hall–Kier alpha value is -2.24. The molecular weight excluding hydrogens is 346 g/mol. The molecule has 0 aliphatic carbocycles. The van der Waals surface area contributed by atoms with Gasteiger partial charge in [-0.2, -0.15) is 5.10 Å². The monoisotopic (exact) mass is 365 g/mol. The highest BCUT2D eigenvalue weighted by Crippen LogP contribution is 2.16. The fraction of sp³-hybridized carbons (Fsp3) is 0.150. The number of benzene rings is 2. The standard InChI is InChI=1S/C20H19N3S2/c1-14-6-5-8-17(12-14)15(2)22-23-20(24)25-13-18-11-10-16-7-3-4-9-19(16)21-18/h3-12H,13H2,1-2H3,(H,23,24)/b22-15+. The molecule has 3 rings (SSSR count). The summed E-state index contributed by atoms with van der Waals surface area (Å²) in [6, 6.07) is 20.5. The van der Waals surface area contributed by atoms with E-state index in [0.717, 1.165) is 33.6 Å². The number of hydrazone groups is 1. The van der Waals surface area contributed by atoms with Gasteiger partial charge in [-0.3, -0.25) is 10.4 Å². The SMILES string of the molecule is C/C(=N\NC(=S)SCc1ccc2ccccc2n1)c1cccc(C)c1. The van der Waals surface area contributed by atoms with Crippen molar-refractivity contribution in [2.45, 2.75) is 19.6 Å². The first-order chi connectivity index (χ1) is 12.1. The van der Waals surface area contributed by atoms with Gasteiger partial charge in [-0.05, 0) is 31.5 Å². The molecule has 0 fully saturated rings. The summed E-state index contributed by atoms with van der Waals surface area (Å²) in [5.41, 5.74) is 8.20. The van der Waals surface area contributed by atoms with Gasteiger partial charge in [0.2, 0.25) is 0 Å². The minimum Gasteiger partial charge on any atom is -0.262 e. The first kappa shape index (κ1) is 17.6. The van der Waals surface area contributed by atoms with Gasteiger partial charge in [-0.1, -0.05) is 78.1 Å². The number of para-hydroxylation sites is 1. The lowest BCUT2D eigenvalue weighted by Gasteiger charge is -2.06. The molecule has 2 aromatic carbocycles. The first-order valence-corrected chi connectivity index (χ1v) is 9.40. The smallest absolute Gasteiger partial charge is 0.154 e. The average molecular weight is 366 g/mol. The number of rotatable bonds is 4. The minimum absolute atomic E-state index is 0.641. The Labute approximate surface area is 157 Å². The molecular formula is C20H19N3S2. The second-order valence-corrected chi connectivity index (χ2v) is 7.40. The topological polar surface area (TPSA) is 37.3 Å². The van der Waals surface area contributed by atoms with Crippen LogP contribution in [0.2, 0.25) is 0 Å². The molecule has 5 heteroatoms. The predicted octanol–water partition coefficient (Wildman–Crippen LogP) is 5.08. The van der Waals surface area contributed by atoms with Crippen LogP contribution in [0.3, 0.4) is 0 Å². The maximum absolute atomic E-state index is 5.36. The van der Waals surface area contributed by atoms with E-state index in [9.17, 15) is 0 Å². The zero-order valence-electron chi connectivity index (χ0n) is 14.2. The van der Waals surface area contributed by atoms with Gasteiger partial charge < -0.3 is 0 Å². The van der Waals surface area contributed by atoms with E-state index in [-0.39, 0.29) is 0 Å². The highest BCUT2D eigenvalue weighted by atomic mass is 32.2. The summed E-state index contributed by atoms with van der Waals surface area (Å²) in [6.07, 6.45) is 0. The van der Waals surface area contributed by atoms with Gasteiger partial charge in [-0.25, -0.2) is 0 Å². The largest absolute Gasteiger partial charge is 0.262 e. The molecule has 0 unspecified atom stereocenters. The molecule has 1 heterocycles. The van der Waals surface area contributed by atoms with Crippen LogP contribution >= 0.6 is 24.0 Å². The molecule has 0 amide bonds. The number of thiocarbonyl (C=S) groups is 1. The molecule has 0 aliphatic heterocycles. The lowest BCUT2D eigenvalue weighted by Crippen LogP contribution is -2.14. The van der Waals surface area contributed by atoms with Crippen molar-refractivity contribution in [1.82, 2.24) is 10.4 Å². The summed E-state index contributed by atoms with van der Waals surface area (Å²) >= 11 is 6.89. The number of aryl methyl sites for hydroxylation is 1. The molecule has 0 saturated heterocycles. The minimum atomic E-state index is 0.641. The van der Waals surface area contributed by atoms with E-state index in [1.165, 1.54) is 17.3 Å². The number of nitrogens with one attached hydrogen (secondary N) is 1. The summed E-state index contributed by atoms with van der Waals surface area (Å²) in [4.78, 5) is 4.66. The number of fused-ring (bicyclic) bond motifs is 1. The molecule has 3 nitrogen and oxygen atoms in total. The highest BCUT2D eigenvalue weighted by Gasteiger charge is 2.02. The van der Waals surface area contributed by atoms with Gasteiger partial charge in [0.25, 0.3) is 0 Å². The number of hydrogen-bond donors (Lipinski definition) is 1. The third-order valence-electron chi connectivity index (χ3n) is 3.76. The molecule has 1 N–H and O–H groups in total. The van der Waals surface area contributed by atoms with Crippen molar-refractivity contribution >= 4 is 44.9 Å². The van der Waals surface area contributed by atoms with Crippen molar-refractivity contribution in [3.63, 3.8) is 0 Å². The van der Waals surface area contributed by atoms with Crippen molar-refractivity contribution in [3.8, 4) is 0 Å². The molecule has 126 valence electrons. The van der Waals surface area contributed by atoms with Gasteiger partial charge in [-0.15, -0.1) is 0 Å². The lowest BCUT2D eigenvalue weighted by molar-refractivity contribution is 1.06. The number of hydrogen-bond acceptors (Lipinski definition) is 4. The van der Waals surface area contributed by atoms with Gasteiger partial charge in [0.1, 0.15) is 0 Å². The van der Waals surface area contributed by atoms with E-state index in [2.05, 4.69) is 46.7 Å². The summed E-state index contributed by atoms with van der Waals surface area (Å²) in [5, 5.41) is 5.53. The zero-order valence-corrected chi connectivity index (χ0v) is 15.8. The second-order valence-electron chi connectivity index (χ2n) is 5.75. The highest BCUT2D eigenvalue weighted by molar-refractivity contribution is 8.22. The third kappa shape index (κ3) is 4.87. The third-order valence-corrected chi connectivity index (χ3v) is 5.00. The quantitative estimate of drug-likeness (QED) is 0.398. The fourth-order valence-electron chi connectivity index (χ4n) is 2.42. The van der Waals surface area contributed by atoms with Crippen LogP contribution in [0.5, 0.6) is 0 Å². The van der Waals surface area contributed by atoms with Crippen LogP contribution < -0.4 is 5.43 Å². The summed E-state index contributed by atoms with van der Waals surface area (Å²) in [6.45, 7) is 4.04. The Morgan fingerprint density at radius 3 is 2.80 bits per heavy atom. The van der Waals surface area contributed by atoms with Crippen molar-refractivity contribution < 1.29 is 0 Å². The van der Waals surface area contributed by atoms with Crippen LogP contribution in [0.4, 0.5) is 0 Å². The van der Waals surface area contributed by atoms with Gasteiger partial charge in [0.05, 0.1) is 16.9 Å². The van der Waals surface area contributed by atoms with Gasteiger partial charge in [0, 0.05) is 11.1 Å². The van der Waals surface area contributed by atoms with Crippen molar-refractivity contribution in [2.24, 2.45) is 5.10 Å². The Bertz CT molecular complexity index is 935. The number of nitrogens with zero attached hydrogens (tertiary/aromatic N) is 2. The van der Waals surface area contributed by atoms with E-state index in [0.29, 0.717) is 4.32 Å². The summed E-state index contributed by atoms with van der Waals surface area (Å²) in [7, 11) is 0. The van der Waals surface area contributed by atoms with Crippen LogP contribution in [-0.4, -0.2) is 15.0 Å². The van der Waals surface area contributed by atoms with Crippen molar-refractivity contribution in [1.29, 1.82) is 0 Å². The van der Waals surface area contributed by atoms with Crippen LogP contribution in [0.25, 0.3) is 10.9 Å². The van der Waals surface area contributed by atoms with Crippen molar-refractivity contribution in [2.75, 3.05) is 0 Å². The van der Waals surface area contributed by atoms with Crippen LogP contribution in [-0.2, 0) is 5.75 Å². The summed E-state index contributed by atoms with van der Waals surface area (Å²) < 4.78 is 0.641. The van der Waals surface area contributed by atoms with Crippen LogP contribution in [0, 0.1) is 6.92 Å². The average Bonchev–Trinajstić information content (AvgIpc) is 2.64. The first-order valence-electron chi connectivity index (χ1n) is 8.00. The normalized spacial score (nSPS) is 11.5.